The Morgan fingerprint density at radius 2 is 1.64 bits per heavy atom. The zero-order chi connectivity index (χ0) is 19.2. The summed E-state index contributed by atoms with van der Waals surface area (Å²) in [5.41, 5.74) is 2.78. The van der Waals surface area contributed by atoms with Crippen LogP contribution in [-0.2, 0) is 14.8 Å². The van der Waals surface area contributed by atoms with Crippen molar-refractivity contribution in [2.75, 3.05) is 23.7 Å². The lowest BCUT2D eigenvalue weighted by Gasteiger charge is -2.30. The summed E-state index contributed by atoms with van der Waals surface area (Å²) in [5.74, 6) is 0.359. The van der Waals surface area contributed by atoms with E-state index in [4.69, 9.17) is 0 Å². The monoisotopic (exact) mass is 368 g/mol. The molecule has 0 saturated carbocycles. The number of rotatable bonds is 9. The Balaban J connectivity index is 3.26. The summed E-state index contributed by atoms with van der Waals surface area (Å²) >= 11 is 0. The second kappa shape index (κ2) is 9.22. The van der Waals surface area contributed by atoms with Gasteiger partial charge in [0.2, 0.25) is 15.9 Å². The molecule has 0 aliphatic carbocycles. The molecule has 0 saturated heterocycles. The normalized spacial score (nSPS) is 11.8. The topological polar surface area (TPSA) is 66.5 Å². The van der Waals surface area contributed by atoms with Gasteiger partial charge in [-0.15, -0.1) is 0 Å². The summed E-state index contributed by atoms with van der Waals surface area (Å²) in [5, 5.41) is 2.81. The molecule has 0 radical (unpaired) electrons. The number of benzene rings is 1. The van der Waals surface area contributed by atoms with Crippen molar-refractivity contribution in [3.63, 3.8) is 0 Å². The number of nitrogens with one attached hydrogen (secondary N) is 1. The first-order valence-electron chi connectivity index (χ1n) is 8.96. The highest BCUT2D eigenvalue weighted by atomic mass is 32.2. The van der Waals surface area contributed by atoms with Crippen LogP contribution in [0.5, 0.6) is 0 Å². The highest BCUT2D eigenvalue weighted by Gasteiger charge is 2.25. The first kappa shape index (κ1) is 21.5. The molecule has 0 unspecified atom stereocenters. The molecular formula is C19H32N2O3S. The molecule has 0 bridgehead atoms. The number of nitrogens with zero attached hydrogens (tertiary/aromatic N) is 1. The molecule has 0 heterocycles. The number of para-hydroxylation sites is 1. The molecule has 25 heavy (non-hydrogen) atoms. The molecule has 0 aliphatic heterocycles. The summed E-state index contributed by atoms with van der Waals surface area (Å²) < 4.78 is 26.4. The largest absolute Gasteiger partial charge is 0.354 e. The smallest absolute Gasteiger partial charge is 0.232 e. The Morgan fingerprint density at radius 1 is 1.12 bits per heavy atom. The Kier molecular flexibility index (Phi) is 7.93. The summed E-state index contributed by atoms with van der Waals surface area (Å²) in [6, 6.07) is 5.96. The van der Waals surface area contributed by atoms with Crippen LogP contribution in [0, 0.1) is 0 Å². The minimum Gasteiger partial charge on any atom is -0.354 e. The van der Waals surface area contributed by atoms with Gasteiger partial charge < -0.3 is 5.32 Å². The number of carbonyl (C=O) groups is 1. The van der Waals surface area contributed by atoms with Crippen molar-refractivity contribution in [3.8, 4) is 0 Å². The van der Waals surface area contributed by atoms with Crippen molar-refractivity contribution in [3.05, 3.63) is 29.3 Å². The molecule has 5 nitrogen and oxygen atoms in total. The van der Waals surface area contributed by atoms with Gasteiger partial charge in [-0.1, -0.05) is 52.8 Å². The Hall–Kier alpha value is -1.56. The number of hydrogen-bond acceptors (Lipinski definition) is 3. The van der Waals surface area contributed by atoms with E-state index in [2.05, 4.69) is 33.0 Å². The number of sulfonamides is 1. The van der Waals surface area contributed by atoms with Crippen molar-refractivity contribution < 1.29 is 13.2 Å². The van der Waals surface area contributed by atoms with E-state index in [1.54, 1.807) is 0 Å². The third-order valence-electron chi connectivity index (χ3n) is 4.11. The van der Waals surface area contributed by atoms with Crippen LogP contribution < -0.4 is 9.62 Å². The van der Waals surface area contributed by atoms with Gasteiger partial charge in [-0.3, -0.25) is 9.10 Å². The number of anilines is 1. The maximum Gasteiger partial charge on any atom is 0.232 e. The molecule has 1 aromatic rings. The zero-order valence-electron chi connectivity index (χ0n) is 16.3. The van der Waals surface area contributed by atoms with E-state index < -0.39 is 10.0 Å². The maximum absolute atomic E-state index is 12.5. The van der Waals surface area contributed by atoms with Crippen LogP contribution >= 0.6 is 0 Å². The van der Waals surface area contributed by atoms with E-state index in [0.717, 1.165) is 23.2 Å². The molecule has 1 amide bonds. The van der Waals surface area contributed by atoms with Gasteiger partial charge in [0, 0.05) is 13.0 Å². The summed E-state index contributed by atoms with van der Waals surface area (Å²) in [6.45, 7) is 10.7. The van der Waals surface area contributed by atoms with E-state index in [9.17, 15) is 13.2 Å². The number of hydrogen-bond donors (Lipinski definition) is 1. The molecule has 1 aromatic carbocycles. The van der Waals surface area contributed by atoms with Crippen LogP contribution in [0.2, 0.25) is 0 Å². The molecule has 0 fully saturated rings. The summed E-state index contributed by atoms with van der Waals surface area (Å²) in [6.07, 6.45) is 2.45. The van der Waals surface area contributed by atoms with Crippen molar-refractivity contribution >= 4 is 21.6 Å². The maximum atomic E-state index is 12.5. The SMILES string of the molecule is CCCC(=O)NCCN(c1c(C(C)C)cccc1C(C)C)S(C)(=O)=O. The molecular weight excluding hydrogens is 336 g/mol. The first-order valence-corrected chi connectivity index (χ1v) is 10.8. The lowest BCUT2D eigenvalue weighted by molar-refractivity contribution is -0.121. The van der Waals surface area contributed by atoms with Gasteiger partial charge in [0.1, 0.15) is 0 Å². The zero-order valence-corrected chi connectivity index (χ0v) is 17.1. The highest BCUT2D eigenvalue weighted by molar-refractivity contribution is 7.92. The van der Waals surface area contributed by atoms with Crippen LogP contribution in [0.4, 0.5) is 5.69 Å². The Bertz CT molecular complexity index is 656. The first-order chi connectivity index (χ1) is 11.6. The van der Waals surface area contributed by atoms with Gasteiger partial charge in [-0.25, -0.2) is 8.42 Å². The van der Waals surface area contributed by atoms with Crippen LogP contribution in [0.25, 0.3) is 0 Å². The summed E-state index contributed by atoms with van der Waals surface area (Å²) in [7, 11) is -3.46. The Labute approximate surface area is 152 Å². The van der Waals surface area contributed by atoms with E-state index >= 15 is 0 Å². The van der Waals surface area contributed by atoms with Gasteiger partial charge in [0.15, 0.2) is 0 Å². The average molecular weight is 369 g/mol. The summed E-state index contributed by atoms with van der Waals surface area (Å²) in [4.78, 5) is 11.7. The molecule has 142 valence electrons. The molecule has 0 aromatic heterocycles. The predicted octanol–water partition coefficient (Wildman–Crippen LogP) is 3.62. The minimum atomic E-state index is -3.46. The standard InChI is InChI=1S/C19H32N2O3S/c1-7-9-18(22)20-12-13-21(25(6,23)24)19-16(14(2)3)10-8-11-17(19)15(4)5/h8,10-11,14-15H,7,9,12-13H2,1-6H3,(H,20,22). The van der Waals surface area contributed by atoms with Gasteiger partial charge in [-0.05, 0) is 29.4 Å². The van der Waals surface area contributed by atoms with Crippen molar-refractivity contribution in [2.24, 2.45) is 0 Å². The van der Waals surface area contributed by atoms with Crippen molar-refractivity contribution in [2.45, 2.75) is 59.3 Å². The second-order valence-corrected chi connectivity index (χ2v) is 8.94. The molecule has 1 N–H and O–H groups in total. The van der Waals surface area contributed by atoms with Crippen LogP contribution in [0.3, 0.4) is 0 Å². The van der Waals surface area contributed by atoms with E-state index in [1.165, 1.54) is 10.6 Å². The molecule has 6 heteroatoms. The van der Waals surface area contributed by atoms with Gasteiger partial charge >= 0.3 is 0 Å². The molecule has 0 aliphatic rings. The van der Waals surface area contributed by atoms with Gasteiger partial charge in [0.25, 0.3) is 0 Å². The fourth-order valence-electron chi connectivity index (χ4n) is 2.86. The minimum absolute atomic E-state index is 0.0443. The van der Waals surface area contributed by atoms with Gasteiger partial charge in [-0.2, -0.15) is 0 Å². The van der Waals surface area contributed by atoms with Crippen LogP contribution in [-0.4, -0.2) is 33.7 Å². The van der Waals surface area contributed by atoms with Crippen LogP contribution in [0.1, 0.15) is 70.4 Å². The quantitative estimate of drug-likeness (QED) is 0.724. The van der Waals surface area contributed by atoms with E-state index in [0.29, 0.717) is 13.0 Å². The third-order valence-corrected chi connectivity index (χ3v) is 5.27. The molecule has 1 rings (SSSR count). The highest BCUT2D eigenvalue weighted by Crippen LogP contribution is 2.36. The average Bonchev–Trinajstić information content (AvgIpc) is 2.49. The van der Waals surface area contributed by atoms with Crippen LogP contribution in [0.15, 0.2) is 18.2 Å². The number of amides is 1. The van der Waals surface area contributed by atoms with E-state index in [1.807, 2.05) is 25.1 Å². The number of carbonyl (C=O) groups excluding carboxylic acids is 1. The van der Waals surface area contributed by atoms with E-state index in [-0.39, 0.29) is 24.3 Å². The lowest BCUT2D eigenvalue weighted by Crippen LogP contribution is -2.39. The van der Waals surface area contributed by atoms with Crippen molar-refractivity contribution in [1.29, 1.82) is 0 Å². The lowest BCUT2D eigenvalue weighted by atomic mass is 9.92. The Morgan fingerprint density at radius 3 is 2.04 bits per heavy atom. The fourth-order valence-corrected chi connectivity index (χ4v) is 3.82. The molecule has 0 atom stereocenters. The van der Waals surface area contributed by atoms with Gasteiger partial charge in [0.05, 0.1) is 18.5 Å². The third kappa shape index (κ3) is 6.03. The fraction of sp³-hybridized carbons (Fsp3) is 0.632. The predicted molar refractivity (Wildman–Crippen MR) is 105 cm³/mol. The van der Waals surface area contributed by atoms with Crippen molar-refractivity contribution in [1.82, 2.24) is 5.32 Å². The molecule has 0 spiro atoms. The second-order valence-electron chi connectivity index (χ2n) is 7.03.